The summed E-state index contributed by atoms with van der Waals surface area (Å²) in [6, 6.07) is 14.2. The Bertz CT molecular complexity index is 659. The minimum atomic E-state index is 0.566. The molecule has 3 rings (SSSR count). The van der Waals surface area contributed by atoms with Gasteiger partial charge >= 0.3 is 0 Å². The summed E-state index contributed by atoms with van der Waals surface area (Å²) in [4.78, 5) is 0. The highest BCUT2D eigenvalue weighted by Gasteiger charge is 2.04. The Labute approximate surface area is 106 Å². The van der Waals surface area contributed by atoms with E-state index in [1.165, 1.54) is 5.56 Å². The summed E-state index contributed by atoms with van der Waals surface area (Å²) < 4.78 is 7.64. The second-order valence-corrected chi connectivity index (χ2v) is 4.32. The summed E-state index contributed by atoms with van der Waals surface area (Å²) in [5.41, 5.74) is 3.33. The highest BCUT2D eigenvalue weighted by atomic mass is 16.5. The minimum absolute atomic E-state index is 0.566. The molecular weight excluding hydrogens is 224 g/mol. The van der Waals surface area contributed by atoms with E-state index in [4.69, 9.17) is 4.74 Å². The third kappa shape index (κ3) is 2.07. The van der Waals surface area contributed by atoms with Crippen LogP contribution in [0.1, 0.15) is 11.1 Å². The average molecular weight is 238 g/mol. The lowest BCUT2D eigenvalue weighted by Crippen LogP contribution is -1.94. The molecule has 3 heteroatoms. The van der Waals surface area contributed by atoms with Crippen LogP contribution in [0.15, 0.2) is 54.9 Å². The Balaban J connectivity index is 1.83. The maximum atomic E-state index is 5.80. The molecule has 0 atom stereocenters. The van der Waals surface area contributed by atoms with E-state index in [1.54, 1.807) is 6.20 Å². The van der Waals surface area contributed by atoms with E-state index >= 15 is 0 Å². The van der Waals surface area contributed by atoms with Crippen molar-refractivity contribution in [1.82, 2.24) is 9.61 Å². The number of aromatic nitrogens is 2. The Morgan fingerprint density at radius 1 is 1.11 bits per heavy atom. The molecule has 0 N–H and O–H groups in total. The van der Waals surface area contributed by atoms with Crippen molar-refractivity contribution in [2.45, 2.75) is 13.5 Å². The quantitative estimate of drug-likeness (QED) is 0.700. The maximum absolute atomic E-state index is 5.80. The van der Waals surface area contributed by atoms with E-state index in [1.807, 2.05) is 41.9 Å². The van der Waals surface area contributed by atoms with Crippen LogP contribution < -0.4 is 4.74 Å². The normalized spacial score (nSPS) is 10.7. The van der Waals surface area contributed by atoms with Crippen LogP contribution in [-0.4, -0.2) is 9.61 Å². The van der Waals surface area contributed by atoms with Crippen LogP contribution in [0.5, 0.6) is 5.75 Å². The Morgan fingerprint density at radius 3 is 2.78 bits per heavy atom. The zero-order valence-corrected chi connectivity index (χ0v) is 10.2. The van der Waals surface area contributed by atoms with E-state index in [0.29, 0.717) is 6.61 Å². The third-order valence-corrected chi connectivity index (χ3v) is 2.87. The van der Waals surface area contributed by atoms with Crippen molar-refractivity contribution >= 4 is 5.52 Å². The number of hydrogen-bond donors (Lipinski definition) is 0. The Kier molecular flexibility index (Phi) is 2.73. The lowest BCUT2D eigenvalue weighted by Gasteiger charge is -2.04. The molecule has 3 aromatic rings. The van der Waals surface area contributed by atoms with E-state index < -0.39 is 0 Å². The second-order valence-electron chi connectivity index (χ2n) is 4.32. The molecule has 90 valence electrons. The lowest BCUT2D eigenvalue weighted by molar-refractivity contribution is 0.310. The highest BCUT2D eigenvalue weighted by Crippen LogP contribution is 2.20. The predicted molar refractivity (Wildman–Crippen MR) is 70.7 cm³/mol. The first-order valence-electron chi connectivity index (χ1n) is 5.94. The molecule has 0 aliphatic heterocycles. The van der Waals surface area contributed by atoms with Gasteiger partial charge in [-0.15, -0.1) is 0 Å². The van der Waals surface area contributed by atoms with Gasteiger partial charge in [0.2, 0.25) is 0 Å². The number of pyridine rings is 1. The molecule has 0 spiro atoms. The SMILES string of the molecule is Cc1ccc2c(OCc3ccccc3)cnn2c1. The molecule has 0 aliphatic rings. The summed E-state index contributed by atoms with van der Waals surface area (Å²) in [5, 5.41) is 4.28. The summed E-state index contributed by atoms with van der Waals surface area (Å²) >= 11 is 0. The smallest absolute Gasteiger partial charge is 0.165 e. The highest BCUT2D eigenvalue weighted by molar-refractivity contribution is 5.59. The largest absolute Gasteiger partial charge is 0.485 e. The van der Waals surface area contributed by atoms with Gasteiger partial charge in [-0.2, -0.15) is 5.10 Å². The van der Waals surface area contributed by atoms with Gasteiger partial charge in [-0.05, 0) is 24.1 Å². The molecule has 2 aromatic heterocycles. The van der Waals surface area contributed by atoms with Crippen LogP contribution in [0.4, 0.5) is 0 Å². The molecule has 0 amide bonds. The number of nitrogens with zero attached hydrogens (tertiary/aromatic N) is 2. The molecule has 0 saturated carbocycles. The van der Waals surface area contributed by atoms with Crippen molar-refractivity contribution < 1.29 is 4.74 Å². The molecule has 0 saturated heterocycles. The molecule has 0 aliphatic carbocycles. The topological polar surface area (TPSA) is 26.5 Å². The maximum Gasteiger partial charge on any atom is 0.165 e. The molecule has 0 radical (unpaired) electrons. The van der Waals surface area contributed by atoms with E-state index in [0.717, 1.165) is 16.8 Å². The monoisotopic (exact) mass is 238 g/mol. The molecule has 0 bridgehead atoms. The number of ether oxygens (including phenoxy) is 1. The Morgan fingerprint density at radius 2 is 1.94 bits per heavy atom. The number of hydrogen-bond acceptors (Lipinski definition) is 2. The standard InChI is InChI=1S/C15H14N2O/c1-12-7-8-14-15(9-16-17(14)10-12)18-11-13-5-3-2-4-6-13/h2-10H,11H2,1H3. The van der Waals surface area contributed by atoms with Crippen molar-refractivity contribution in [3.63, 3.8) is 0 Å². The molecule has 1 aromatic carbocycles. The fraction of sp³-hybridized carbons (Fsp3) is 0.133. The minimum Gasteiger partial charge on any atom is -0.485 e. The van der Waals surface area contributed by atoms with Crippen LogP contribution in [-0.2, 0) is 6.61 Å². The van der Waals surface area contributed by atoms with E-state index in [2.05, 4.69) is 23.3 Å². The van der Waals surface area contributed by atoms with E-state index in [9.17, 15) is 0 Å². The van der Waals surface area contributed by atoms with Gasteiger partial charge in [-0.1, -0.05) is 36.4 Å². The number of benzene rings is 1. The summed E-state index contributed by atoms with van der Waals surface area (Å²) in [6.07, 6.45) is 3.75. The summed E-state index contributed by atoms with van der Waals surface area (Å²) in [7, 11) is 0. The van der Waals surface area contributed by atoms with Gasteiger partial charge in [0.05, 0.1) is 6.20 Å². The first-order chi connectivity index (χ1) is 8.83. The van der Waals surface area contributed by atoms with Crippen molar-refractivity contribution in [2.24, 2.45) is 0 Å². The van der Waals surface area contributed by atoms with Crippen molar-refractivity contribution in [3.05, 3.63) is 66.0 Å². The first kappa shape index (κ1) is 10.8. The molecule has 18 heavy (non-hydrogen) atoms. The summed E-state index contributed by atoms with van der Waals surface area (Å²) in [5.74, 6) is 0.818. The molecular formula is C15H14N2O. The van der Waals surface area contributed by atoms with Gasteiger partial charge in [0.15, 0.2) is 5.75 Å². The van der Waals surface area contributed by atoms with Gasteiger partial charge < -0.3 is 4.74 Å². The van der Waals surface area contributed by atoms with Crippen LogP contribution in [0.2, 0.25) is 0 Å². The van der Waals surface area contributed by atoms with Crippen LogP contribution in [0.25, 0.3) is 5.52 Å². The fourth-order valence-corrected chi connectivity index (χ4v) is 1.91. The number of rotatable bonds is 3. The zero-order chi connectivity index (χ0) is 12.4. The molecule has 2 heterocycles. The summed E-state index contributed by atoms with van der Waals surface area (Å²) in [6.45, 7) is 2.61. The predicted octanol–water partition coefficient (Wildman–Crippen LogP) is 3.22. The average Bonchev–Trinajstić information content (AvgIpc) is 2.80. The van der Waals surface area contributed by atoms with Gasteiger partial charge in [-0.25, -0.2) is 4.52 Å². The number of aryl methyl sites for hydroxylation is 1. The van der Waals surface area contributed by atoms with Gasteiger partial charge in [-0.3, -0.25) is 0 Å². The van der Waals surface area contributed by atoms with Crippen molar-refractivity contribution in [2.75, 3.05) is 0 Å². The van der Waals surface area contributed by atoms with Crippen LogP contribution >= 0.6 is 0 Å². The lowest BCUT2D eigenvalue weighted by atomic mass is 10.2. The van der Waals surface area contributed by atoms with Crippen LogP contribution in [0, 0.1) is 6.92 Å². The van der Waals surface area contributed by atoms with Gasteiger partial charge in [0.1, 0.15) is 12.1 Å². The zero-order valence-electron chi connectivity index (χ0n) is 10.2. The first-order valence-corrected chi connectivity index (χ1v) is 5.94. The fourth-order valence-electron chi connectivity index (χ4n) is 1.91. The van der Waals surface area contributed by atoms with E-state index in [-0.39, 0.29) is 0 Å². The molecule has 3 nitrogen and oxygen atoms in total. The molecule has 0 unspecified atom stereocenters. The van der Waals surface area contributed by atoms with Gasteiger partial charge in [0, 0.05) is 6.20 Å². The molecule has 0 fully saturated rings. The van der Waals surface area contributed by atoms with Crippen molar-refractivity contribution in [3.8, 4) is 5.75 Å². The van der Waals surface area contributed by atoms with Gasteiger partial charge in [0.25, 0.3) is 0 Å². The van der Waals surface area contributed by atoms with Crippen molar-refractivity contribution in [1.29, 1.82) is 0 Å². The third-order valence-electron chi connectivity index (χ3n) is 2.87. The Hall–Kier alpha value is -2.29. The van der Waals surface area contributed by atoms with Crippen LogP contribution in [0.3, 0.4) is 0 Å². The number of fused-ring (bicyclic) bond motifs is 1. The second kappa shape index (κ2) is 4.53.